The van der Waals surface area contributed by atoms with E-state index in [0.717, 1.165) is 6.54 Å². The second-order valence-corrected chi connectivity index (χ2v) is 5.93. The number of amides is 1. The van der Waals surface area contributed by atoms with E-state index in [-0.39, 0.29) is 5.91 Å². The molecule has 0 aliphatic heterocycles. The first-order valence-electron chi connectivity index (χ1n) is 5.54. The first-order valence-corrected chi connectivity index (χ1v) is 5.54. The van der Waals surface area contributed by atoms with Gasteiger partial charge in [0.15, 0.2) is 0 Å². The molecule has 0 spiro atoms. The highest BCUT2D eigenvalue weighted by atomic mass is 16.2. The number of nitrogens with two attached hydrogens (primary N) is 1. The van der Waals surface area contributed by atoms with Gasteiger partial charge in [0.1, 0.15) is 0 Å². The monoisotopic (exact) mass is 214 g/mol. The fourth-order valence-corrected chi connectivity index (χ4v) is 1.38. The lowest BCUT2D eigenvalue weighted by Crippen LogP contribution is -2.56. The number of carbonyl (C=O) groups excluding carboxylic acids is 1. The highest BCUT2D eigenvalue weighted by Gasteiger charge is 2.41. The average molecular weight is 214 g/mol. The average Bonchev–Trinajstić information content (AvgIpc) is 1.99. The fraction of sp³-hybridized carbons (Fsp3) is 0.917. The Morgan fingerprint density at radius 1 is 1.27 bits per heavy atom. The molecule has 0 aromatic carbocycles. The van der Waals surface area contributed by atoms with Crippen molar-refractivity contribution in [3.63, 3.8) is 0 Å². The molecule has 0 heterocycles. The van der Waals surface area contributed by atoms with Crippen molar-refractivity contribution in [3.8, 4) is 0 Å². The Hall–Kier alpha value is -0.570. The van der Waals surface area contributed by atoms with Crippen LogP contribution in [0.4, 0.5) is 0 Å². The molecule has 0 unspecified atom stereocenters. The maximum atomic E-state index is 12.2. The van der Waals surface area contributed by atoms with Gasteiger partial charge in [0.2, 0.25) is 5.91 Å². The molecule has 0 atom stereocenters. The van der Waals surface area contributed by atoms with Crippen molar-refractivity contribution >= 4 is 5.91 Å². The van der Waals surface area contributed by atoms with Crippen molar-refractivity contribution in [2.24, 2.45) is 17.1 Å². The summed E-state index contributed by atoms with van der Waals surface area (Å²) in [6.45, 7) is 12.6. The summed E-state index contributed by atoms with van der Waals surface area (Å²) >= 11 is 0. The second-order valence-electron chi connectivity index (χ2n) is 5.93. The van der Waals surface area contributed by atoms with Crippen LogP contribution in [0.5, 0.6) is 0 Å². The molecule has 3 heteroatoms. The zero-order valence-corrected chi connectivity index (χ0v) is 11.2. The van der Waals surface area contributed by atoms with Crippen LogP contribution >= 0.6 is 0 Å². The van der Waals surface area contributed by atoms with Crippen LogP contribution in [0.3, 0.4) is 0 Å². The Labute approximate surface area is 94.0 Å². The molecular formula is C12H26N2O. The summed E-state index contributed by atoms with van der Waals surface area (Å²) in [5, 5.41) is 0. The molecule has 3 nitrogen and oxygen atoms in total. The van der Waals surface area contributed by atoms with Gasteiger partial charge in [-0.1, -0.05) is 13.8 Å². The van der Waals surface area contributed by atoms with E-state index >= 15 is 0 Å². The number of nitrogens with zero attached hydrogens (tertiary/aromatic N) is 1. The van der Waals surface area contributed by atoms with Crippen molar-refractivity contribution in [2.75, 3.05) is 13.6 Å². The highest BCUT2D eigenvalue weighted by molar-refractivity contribution is 5.83. The topological polar surface area (TPSA) is 46.3 Å². The standard InChI is InChI=1S/C12H26N2O/c1-9(2)8-14(7)10(15)11(3,4)12(5,6)13/h9H,8,13H2,1-7H3. The number of carbonyl (C=O) groups is 1. The van der Waals surface area contributed by atoms with Crippen LogP contribution in [-0.4, -0.2) is 29.9 Å². The van der Waals surface area contributed by atoms with Crippen LogP contribution in [0.25, 0.3) is 0 Å². The number of rotatable bonds is 4. The fourth-order valence-electron chi connectivity index (χ4n) is 1.38. The van der Waals surface area contributed by atoms with Crippen LogP contribution in [0, 0.1) is 11.3 Å². The van der Waals surface area contributed by atoms with Crippen molar-refractivity contribution in [1.29, 1.82) is 0 Å². The van der Waals surface area contributed by atoms with Gasteiger partial charge in [-0.3, -0.25) is 4.79 Å². The molecule has 0 aromatic heterocycles. The van der Waals surface area contributed by atoms with Crippen LogP contribution in [0.15, 0.2) is 0 Å². The van der Waals surface area contributed by atoms with Gasteiger partial charge in [-0.15, -0.1) is 0 Å². The van der Waals surface area contributed by atoms with Crippen LogP contribution in [0.2, 0.25) is 0 Å². The van der Waals surface area contributed by atoms with Crippen LogP contribution < -0.4 is 5.73 Å². The highest BCUT2D eigenvalue weighted by Crippen LogP contribution is 2.30. The molecule has 0 aromatic rings. The van der Waals surface area contributed by atoms with Crippen molar-refractivity contribution in [3.05, 3.63) is 0 Å². The Bertz CT molecular complexity index is 226. The van der Waals surface area contributed by atoms with Crippen molar-refractivity contribution in [1.82, 2.24) is 4.90 Å². The number of hydrogen-bond donors (Lipinski definition) is 1. The van der Waals surface area contributed by atoms with Gasteiger partial charge < -0.3 is 10.6 Å². The molecule has 0 bridgehead atoms. The molecule has 90 valence electrons. The van der Waals surface area contributed by atoms with Gasteiger partial charge in [0.05, 0.1) is 5.41 Å². The molecule has 0 radical (unpaired) electrons. The molecule has 0 saturated heterocycles. The van der Waals surface area contributed by atoms with E-state index in [1.165, 1.54) is 0 Å². The minimum atomic E-state index is -0.531. The quantitative estimate of drug-likeness (QED) is 0.776. The van der Waals surface area contributed by atoms with Gasteiger partial charge in [0.25, 0.3) is 0 Å². The van der Waals surface area contributed by atoms with Crippen LogP contribution in [0.1, 0.15) is 41.5 Å². The van der Waals surface area contributed by atoms with E-state index in [1.54, 1.807) is 4.90 Å². The third kappa shape index (κ3) is 3.49. The van der Waals surface area contributed by atoms with E-state index in [2.05, 4.69) is 13.8 Å². The van der Waals surface area contributed by atoms with Gasteiger partial charge >= 0.3 is 0 Å². The summed E-state index contributed by atoms with van der Waals surface area (Å²) in [5.74, 6) is 0.597. The second kappa shape index (κ2) is 4.52. The Morgan fingerprint density at radius 2 is 1.67 bits per heavy atom. The largest absolute Gasteiger partial charge is 0.345 e. The van der Waals surface area contributed by atoms with Crippen molar-refractivity contribution < 1.29 is 4.79 Å². The van der Waals surface area contributed by atoms with E-state index in [0.29, 0.717) is 5.92 Å². The summed E-state index contributed by atoms with van der Waals surface area (Å²) in [6.07, 6.45) is 0. The smallest absolute Gasteiger partial charge is 0.229 e. The SMILES string of the molecule is CC(C)CN(C)C(=O)C(C)(C)C(C)(C)N. The zero-order chi connectivity index (χ0) is 12.4. The maximum absolute atomic E-state index is 12.2. The molecule has 0 saturated carbocycles. The Morgan fingerprint density at radius 3 is 1.93 bits per heavy atom. The Balaban J connectivity index is 4.70. The van der Waals surface area contributed by atoms with Gasteiger partial charge in [-0.05, 0) is 33.6 Å². The lowest BCUT2D eigenvalue weighted by atomic mass is 9.74. The van der Waals surface area contributed by atoms with Gasteiger partial charge in [-0.2, -0.15) is 0 Å². The third-order valence-corrected chi connectivity index (χ3v) is 3.13. The molecule has 0 aliphatic rings. The molecule has 0 fully saturated rings. The minimum Gasteiger partial charge on any atom is -0.345 e. The number of hydrogen-bond acceptors (Lipinski definition) is 2. The molecule has 2 N–H and O–H groups in total. The summed E-state index contributed by atoms with van der Waals surface area (Å²) < 4.78 is 0. The van der Waals surface area contributed by atoms with Gasteiger partial charge in [0, 0.05) is 19.1 Å². The molecular weight excluding hydrogens is 188 g/mol. The van der Waals surface area contributed by atoms with Gasteiger partial charge in [-0.25, -0.2) is 0 Å². The molecule has 1 amide bonds. The van der Waals surface area contributed by atoms with E-state index in [1.807, 2.05) is 34.7 Å². The lowest BCUT2D eigenvalue weighted by Gasteiger charge is -2.40. The summed E-state index contributed by atoms with van der Waals surface area (Å²) in [5.41, 5.74) is 5.00. The molecule has 0 aliphatic carbocycles. The van der Waals surface area contributed by atoms with E-state index in [4.69, 9.17) is 5.73 Å². The third-order valence-electron chi connectivity index (χ3n) is 3.13. The normalized spacial score (nSPS) is 13.1. The Kier molecular flexibility index (Phi) is 4.35. The summed E-state index contributed by atoms with van der Waals surface area (Å²) in [6, 6.07) is 0. The first kappa shape index (κ1) is 14.4. The molecule has 0 rings (SSSR count). The van der Waals surface area contributed by atoms with Crippen LogP contribution in [-0.2, 0) is 4.79 Å². The predicted molar refractivity (Wildman–Crippen MR) is 64.5 cm³/mol. The predicted octanol–water partition coefficient (Wildman–Crippen LogP) is 1.86. The zero-order valence-electron chi connectivity index (χ0n) is 11.2. The first-order chi connectivity index (χ1) is 6.50. The van der Waals surface area contributed by atoms with E-state index < -0.39 is 11.0 Å². The van der Waals surface area contributed by atoms with E-state index in [9.17, 15) is 4.79 Å². The minimum absolute atomic E-state index is 0.115. The summed E-state index contributed by atoms with van der Waals surface area (Å²) in [4.78, 5) is 14.0. The maximum Gasteiger partial charge on any atom is 0.229 e. The molecule has 15 heavy (non-hydrogen) atoms. The lowest BCUT2D eigenvalue weighted by molar-refractivity contribution is -0.142. The van der Waals surface area contributed by atoms with Crippen molar-refractivity contribution in [2.45, 2.75) is 47.1 Å². The summed E-state index contributed by atoms with van der Waals surface area (Å²) in [7, 11) is 1.84.